The van der Waals surface area contributed by atoms with Crippen LogP contribution in [0.15, 0.2) is 5.38 Å². The highest BCUT2D eigenvalue weighted by atomic mass is 32.1. The highest BCUT2D eigenvalue weighted by Gasteiger charge is 2.43. The maximum Gasteiger partial charge on any atom is 0.0992 e. The topological polar surface area (TPSA) is 34.6 Å². The smallest absolute Gasteiger partial charge is 0.0992 e. The van der Waals surface area contributed by atoms with Crippen LogP contribution in [0.4, 0.5) is 0 Å². The van der Waals surface area contributed by atoms with E-state index in [1.807, 2.05) is 0 Å². The summed E-state index contributed by atoms with van der Waals surface area (Å²) in [7, 11) is 0. The van der Waals surface area contributed by atoms with Gasteiger partial charge in [-0.15, -0.1) is 11.3 Å². The van der Waals surface area contributed by atoms with Crippen LogP contribution in [0.25, 0.3) is 0 Å². The van der Waals surface area contributed by atoms with Crippen molar-refractivity contribution in [1.82, 2.24) is 9.88 Å². The molecule has 1 saturated carbocycles. The minimum Gasteiger partial charge on any atom is -0.376 e. The zero-order chi connectivity index (χ0) is 13.2. The molecule has 0 radical (unpaired) electrons. The number of thiazole rings is 1. The molecule has 0 unspecified atom stereocenters. The van der Waals surface area contributed by atoms with E-state index in [9.17, 15) is 0 Å². The van der Waals surface area contributed by atoms with Crippen molar-refractivity contribution >= 4 is 11.3 Å². The van der Waals surface area contributed by atoms with E-state index in [-0.39, 0.29) is 12.2 Å². The highest BCUT2D eigenvalue weighted by molar-refractivity contribution is 7.09. The van der Waals surface area contributed by atoms with Crippen LogP contribution >= 0.6 is 11.3 Å². The first-order valence-corrected chi connectivity index (χ1v) is 8.04. The third kappa shape index (κ3) is 2.84. The lowest BCUT2D eigenvalue weighted by molar-refractivity contribution is -0.113. The molecule has 1 aliphatic carbocycles. The summed E-state index contributed by atoms with van der Waals surface area (Å²) in [6.07, 6.45) is 2.84. The van der Waals surface area contributed by atoms with Gasteiger partial charge in [-0.3, -0.25) is 4.90 Å². The van der Waals surface area contributed by atoms with Crippen molar-refractivity contribution in [3.63, 3.8) is 0 Å². The van der Waals surface area contributed by atoms with E-state index in [1.54, 1.807) is 11.3 Å². The van der Waals surface area contributed by atoms with Crippen LogP contribution in [0.1, 0.15) is 30.5 Å². The zero-order valence-electron chi connectivity index (χ0n) is 11.7. The van der Waals surface area contributed by atoms with Crippen LogP contribution < -0.4 is 0 Å². The monoisotopic (exact) mass is 282 g/mol. The molecule has 0 spiro atoms. The SMILES string of the molecule is CCO[C@@H]1CC[C@H]2[C@H]1OCCN2Cc1csc(C)n1. The predicted molar refractivity (Wildman–Crippen MR) is 75.4 cm³/mol. The molecule has 1 aromatic rings. The minimum atomic E-state index is 0.258. The molecule has 0 aromatic carbocycles. The van der Waals surface area contributed by atoms with Crippen LogP contribution in [0.5, 0.6) is 0 Å². The molecule has 2 heterocycles. The molecule has 1 aliphatic heterocycles. The molecule has 1 saturated heterocycles. The summed E-state index contributed by atoms with van der Waals surface area (Å²) >= 11 is 1.73. The third-order valence-corrected chi connectivity index (χ3v) is 4.89. The lowest BCUT2D eigenvalue weighted by atomic mass is 10.1. The van der Waals surface area contributed by atoms with Crippen LogP contribution in [-0.2, 0) is 16.0 Å². The molecule has 4 nitrogen and oxygen atoms in total. The summed E-state index contributed by atoms with van der Waals surface area (Å²) in [6, 6.07) is 0.507. The van der Waals surface area contributed by atoms with E-state index in [1.165, 1.54) is 12.1 Å². The van der Waals surface area contributed by atoms with Gasteiger partial charge in [-0.1, -0.05) is 0 Å². The van der Waals surface area contributed by atoms with Gasteiger partial charge in [0, 0.05) is 31.1 Å². The molecule has 106 valence electrons. The van der Waals surface area contributed by atoms with E-state index in [0.29, 0.717) is 6.04 Å². The number of morpholine rings is 1. The average molecular weight is 282 g/mol. The summed E-state index contributed by atoms with van der Waals surface area (Å²) in [6.45, 7) is 7.68. The summed E-state index contributed by atoms with van der Waals surface area (Å²) in [5.41, 5.74) is 1.20. The number of hydrogen-bond donors (Lipinski definition) is 0. The standard InChI is InChI=1S/C14H22N2O2S/c1-3-17-13-5-4-12-14(13)18-7-6-16(12)8-11-9-19-10(2)15-11/h9,12-14H,3-8H2,1-2H3/t12-,13+,14+/m0/s1. The Balaban J connectivity index is 1.66. The summed E-state index contributed by atoms with van der Waals surface area (Å²) < 4.78 is 11.8. The summed E-state index contributed by atoms with van der Waals surface area (Å²) in [5.74, 6) is 0. The number of fused-ring (bicyclic) bond motifs is 1. The summed E-state index contributed by atoms with van der Waals surface area (Å²) in [4.78, 5) is 7.11. The Morgan fingerprint density at radius 3 is 3.16 bits per heavy atom. The molecule has 19 heavy (non-hydrogen) atoms. The quantitative estimate of drug-likeness (QED) is 0.848. The second-order valence-electron chi connectivity index (χ2n) is 5.30. The number of rotatable bonds is 4. The Bertz CT molecular complexity index is 423. The van der Waals surface area contributed by atoms with Crippen molar-refractivity contribution in [3.05, 3.63) is 16.1 Å². The van der Waals surface area contributed by atoms with E-state index < -0.39 is 0 Å². The first kappa shape index (κ1) is 13.5. The lowest BCUT2D eigenvalue weighted by Crippen LogP contribution is -2.51. The van der Waals surface area contributed by atoms with Crippen LogP contribution in [0, 0.1) is 6.92 Å². The maximum atomic E-state index is 5.96. The van der Waals surface area contributed by atoms with Crippen LogP contribution in [0.3, 0.4) is 0 Å². The Hall–Kier alpha value is -0.490. The number of hydrogen-bond acceptors (Lipinski definition) is 5. The minimum absolute atomic E-state index is 0.258. The fourth-order valence-corrected chi connectivity index (χ4v) is 3.87. The van der Waals surface area contributed by atoms with Crippen LogP contribution in [0.2, 0.25) is 0 Å². The molecule has 0 bridgehead atoms. The van der Waals surface area contributed by atoms with E-state index in [2.05, 4.69) is 29.1 Å². The number of ether oxygens (including phenoxy) is 2. The molecule has 5 heteroatoms. The van der Waals surface area contributed by atoms with Crippen molar-refractivity contribution in [2.24, 2.45) is 0 Å². The van der Waals surface area contributed by atoms with Gasteiger partial charge in [-0.05, 0) is 26.7 Å². The second kappa shape index (κ2) is 5.87. The largest absolute Gasteiger partial charge is 0.376 e. The van der Waals surface area contributed by atoms with Gasteiger partial charge in [0.1, 0.15) is 0 Å². The van der Waals surface area contributed by atoms with Gasteiger partial charge in [-0.25, -0.2) is 4.98 Å². The molecular formula is C14H22N2O2S. The number of nitrogens with zero attached hydrogens (tertiary/aromatic N) is 2. The van der Waals surface area contributed by atoms with Gasteiger partial charge in [-0.2, -0.15) is 0 Å². The van der Waals surface area contributed by atoms with Gasteiger partial charge >= 0.3 is 0 Å². The van der Waals surface area contributed by atoms with E-state index in [0.717, 1.165) is 37.7 Å². The maximum absolute atomic E-state index is 5.96. The summed E-state index contributed by atoms with van der Waals surface area (Å²) in [5, 5.41) is 3.33. The van der Waals surface area contributed by atoms with Gasteiger partial charge in [0.05, 0.1) is 29.5 Å². The lowest BCUT2D eigenvalue weighted by Gasteiger charge is -2.38. The van der Waals surface area contributed by atoms with E-state index >= 15 is 0 Å². The Morgan fingerprint density at radius 1 is 1.53 bits per heavy atom. The predicted octanol–water partition coefficient (Wildman–Crippen LogP) is 2.22. The molecule has 2 aliphatic rings. The average Bonchev–Trinajstić information content (AvgIpc) is 2.98. The van der Waals surface area contributed by atoms with Crippen molar-refractivity contribution in [2.45, 2.75) is 51.5 Å². The second-order valence-corrected chi connectivity index (χ2v) is 6.36. The first-order chi connectivity index (χ1) is 9.28. The molecule has 2 fully saturated rings. The molecule has 3 rings (SSSR count). The number of aryl methyl sites for hydroxylation is 1. The molecule has 3 atom stereocenters. The van der Waals surface area contributed by atoms with Gasteiger partial charge < -0.3 is 9.47 Å². The Morgan fingerprint density at radius 2 is 2.42 bits per heavy atom. The van der Waals surface area contributed by atoms with Crippen molar-refractivity contribution < 1.29 is 9.47 Å². The van der Waals surface area contributed by atoms with Gasteiger partial charge in [0.15, 0.2) is 0 Å². The van der Waals surface area contributed by atoms with E-state index in [4.69, 9.17) is 9.47 Å². The third-order valence-electron chi connectivity index (χ3n) is 4.06. The number of aromatic nitrogens is 1. The van der Waals surface area contributed by atoms with Crippen molar-refractivity contribution in [1.29, 1.82) is 0 Å². The normalized spacial score (nSPS) is 31.6. The fourth-order valence-electron chi connectivity index (χ4n) is 3.27. The van der Waals surface area contributed by atoms with Crippen LogP contribution in [-0.4, -0.2) is 47.9 Å². The van der Waals surface area contributed by atoms with Gasteiger partial charge in [0.2, 0.25) is 0 Å². The Kier molecular flexibility index (Phi) is 4.17. The Labute approximate surface area is 118 Å². The molecule has 0 amide bonds. The van der Waals surface area contributed by atoms with Crippen molar-refractivity contribution in [2.75, 3.05) is 19.8 Å². The fraction of sp³-hybridized carbons (Fsp3) is 0.786. The molecular weight excluding hydrogens is 260 g/mol. The molecule has 1 aromatic heterocycles. The van der Waals surface area contributed by atoms with Gasteiger partial charge in [0.25, 0.3) is 0 Å². The van der Waals surface area contributed by atoms with Crippen molar-refractivity contribution in [3.8, 4) is 0 Å². The highest BCUT2D eigenvalue weighted by Crippen LogP contribution is 2.32. The first-order valence-electron chi connectivity index (χ1n) is 7.16. The molecule has 0 N–H and O–H groups in total. The zero-order valence-corrected chi connectivity index (χ0v) is 12.5.